The van der Waals surface area contributed by atoms with Crippen LogP contribution in [0.3, 0.4) is 0 Å². The van der Waals surface area contributed by atoms with Gasteiger partial charge in [0.1, 0.15) is 5.75 Å². The van der Waals surface area contributed by atoms with Gasteiger partial charge in [0.05, 0.1) is 18.1 Å². The monoisotopic (exact) mass is 465 g/mol. The number of rotatable bonds is 6. The van der Waals surface area contributed by atoms with E-state index in [1.165, 1.54) is 6.21 Å². The van der Waals surface area contributed by atoms with Crippen LogP contribution < -0.4 is 10.1 Å². The zero-order valence-corrected chi connectivity index (χ0v) is 18.8. The second-order valence-electron chi connectivity index (χ2n) is 9.13. The summed E-state index contributed by atoms with van der Waals surface area (Å²) in [6.45, 7) is -0.200. The third-order valence-electron chi connectivity index (χ3n) is 7.10. The van der Waals surface area contributed by atoms with E-state index in [2.05, 4.69) is 22.6 Å². The van der Waals surface area contributed by atoms with Crippen molar-refractivity contribution in [3.05, 3.63) is 84.4 Å². The maximum atomic E-state index is 13.0. The van der Waals surface area contributed by atoms with Crippen molar-refractivity contribution in [2.45, 2.75) is 6.42 Å². The quantitative estimate of drug-likeness (QED) is 0.339. The van der Waals surface area contributed by atoms with Gasteiger partial charge >= 0.3 is 0 Å². The maximum Gasteiger partial charge on any atom is 0.262 e. The molecule has 4 atom stereocenters. The Morgan fingerprint density at radius 2 is 1.63 bits per heavy atom. The van der Waals surface area contributed by atoms with Crippen LogP contribution in [0.4, 0.5) is 5.69 Å². The van der Waals surface area contributed by atoms with Crippen LogP contribution in [0, 0.1) is 23.7 Å². The molecule has 3 aromatic carbocycles. The molecule has 0 spiro atoms. The zero-order chi connectivity index (χ0) is 23.9. The number of carbonyl (C=O) groups is 3. The molecule has 0 unspecified atom stereocenters. The fourth-order valence-corrected chi connectivity index (χ4v) is 5.51. The summed E-state index contributed by atoms with van der Waals surface area (Å²) in [5, 5.41) is 9.95. The van der Waals surface area contributed by atoms with Gasteiger partial charge in [-0.3, -0.25) is 14.4 Å². The number of hydrogen-bond donors (Lipinski definition) is 1. The van der Waals surface area contributed by atoms with Gasteiger partial charge in [-0.2, -0.15) is 10.1 Å². The molecule has 1 heterocycles. The lowest BCUT2D eigenvalue weighted by Crippen LogP contribution is -2.28. The molecule has 2 aliphatic carbocycles. The normalized spacial score (nSPS) is 24.5. The van der Waals surface area contributed by atoms with E-state index in [1.54, 1.807) is 18.2 Å². The molecule has 1 N–H and O–H groups in total. The van der Waals surface area contributed by atoms with Gasteiger partial charge in [0, 0.05) is 11.3 Å². The Labute approximate surface area is 202 Å². The number of nitrogens with one attached hydrogen (secondary N) is 1. The molecule has 1 saturated heterocycles. The summed E-state index contributed by atoms with van der Waals surface area (Å²) in [6, 6.07) is 20.5. The van der Waals surface area contributed by atoms with Crippen molar-refractivity contribution in [2.24, 2.45) is 28.8 Å². The average molecular weight is 466 g/mol. The topological polar surface area (TPSA) is 88.1 Å². The second kappa shape index (κ2) is 8.51. The van der Waals surface area contributed by atoms with Gasteiger partial charge in [-0.05, 0) is 47.2 Å². The summed E-state index contributed by atoms with van der Waals surface area (Å²) < 4.78 is 5.87. The summed E-state index contributed by atoms with van der Waals surface area (Å²) in [5.41, 5.74) is 1.29. The van der Waals surface area contributed by atoms with Gasteiger partial charge in [-0.15, -0.1) is 0 Å². The first-order chi connectivity index (χ1) is 17.1. The number of benzene rings is 3. The lowest BCUT2D eigenvalue weighted by Gasteiger charge is -2.14. The third-order valence-corrected chi connectivity index (χ3v) is 7.10. The number of para-hydroxylation sites is 1. The van der Waals surface area contributed by atoms with Crippen molar-refractivity contribution in [1.29, 1.82) is 0 Å². The SMILES string of the molecule is O=C(COc1ccc2ccccc2c1C=NN1C(=O)[C@@H]2[C@H](C1=O)[C@H]1C=C[C@H]2C1)Nc1ccccc1. The standard InChI is InChI=1S/C28H23N3O4/c32-24(30-20-7-2-1-3-8-20)16-35-23-13-12-17-6-4-5-9-21(17)22(23)15-29-31-27(33)25-18-10-11-19(14-18)26(25)28(31)34/h1-13,15,18-19,25-26H,14,16H2,(H,30,32)/t18-,19-,25-,26+/m0/s1. The molecule has 6 rings (SSSR count). The Bertz CT molecular complexity index is 1370. The van der Waals surface area contributed by atoms with E-state index < -0.39 is 0 Å². The number of ether oxygens (including phenoxy) is 1. The maximum absolute atomic E-state index is 13.0. The number of fused-ring (bicyclic) bond motifs is 6. The molecule has 7 nitrogen and oxygen atoms in total. The van der Waals surface area contributed by atoms with Crippen LogP contribution in [0.1, 0.15) is 12.0 Å². The lowest BCUT2D eigenvalue weighted by molar-refractivity contribution is -0.140. The molecule has 2 fully saturated rings. The van der Waals surface area contributed by atoms with Crippen molar-refractivity contribution >= 4 is 40.4 Å². The van der Waals surface area contributed by atoms with Crippen LogP contribution in [-0.4, -0.2) is 35.6 Å². The number of amides is 3. The first-order valence-electron chi connectivity index (χ1n) is 11.7. The Hall–Kier alpha value is -4.26. The number of hydrogen-bond acceptors (Lipinski definition) is 5. The van der Waals surface area contributed by atoms with Crippen LogP contribution >= 0.6 is 0 Å². The van der Waals surface area contributed by atoms with E-state index in [0.717, 1.165) is 22.2 Å². The van der Waals surface area contributed by atoms with Gasteiger partial charge in [0.25, 0.3) is 17.7 Å². The number of allylic oxidation sites excluding steroid dienone is 2. The molecule has 7 heteroatoms. The minimum Gasteiger partial charge on any atom is -0.483 e. The fraction of sp³-hybridized carbons (Fsp3) is 0.214. The van der Waals surface area contributed by atoms with Crippen LogP contribution in [-0.2, 0) is 14.4 Å². The molecule has 3 aromatic rings. The number of imide groups is 1. The van der Waals surface area contributed by atoms with Gasteiger partial charge in [0.15, 0.2) is 6.61 Å². The molecule has 174 valence electrons. The number of nitrogens with zero attached hydrogens (tertiary/aromatic N) is 2. The van der Waals surface area contributed by atoms with Gasteiger partial charge < -0.3 is 10.1 Å². The van der Waals surface area contributed by atoms with Gasteiger partial charge in [-0.25, -0.2) is 0 Å². The second-order valence-corrected chi connectivity index (χ2v) is 9.13. The molecule has 3 amide bonds. The Balaban J connectivity index is 1.26. The van der Waals surface area contributed by atoms with Gasteiger partial charge in [0.2, 0.25) is 0 Å². The van der Waals surface area contributed by atoms with Crippen LogP contribution in [0.15, 0.2) is 84.0 Å². The number of anilines is 1. The summed E-state index contributed by atoms with van der Waals surface area (Å²) in [4.78, 5) is 38.5. The van der Waals surface area contributed by atoms with Gasteiger partial charge in [-0.1, -0.05) is 60.7 Å². The molecule has 1 aliphatic heterocycles. The summed E-state index contributed by atoms with van der Waals surface area (Å²) in [5.74, 6) is -0.692. The Morgan fingerprint density at radius 3 is 2.37 bits per heavy atom. The van der Waals surface area contributed by atoms with Crippen LogP contribution in [0.5, 0.6) is 5.75 Å². The van der Waals surface area contributed by atoms with Crippen molar-refractivity contribution in [2.75, 3.05) is 11.9 Å². The van der Waals surface area contributed by atoms with Crippen molar-refractivity contribution in [1.82, 2.24) is 5.01 Å². The summed E-state index contributed by atoms with van der Waals surface area (Å²) in [6.07, 6.45) is 6.48. The number of hydrazone groups is 1. The first-order valence-corrected chi connectivity index (χ1v) is 11.7. The van der Waals surface area contributed by atoms with Crippen LogP contribution in [0.25, 0.3) is 10.8 Å². The van der Waals surface area contributed by atoms with Crippen LogP contribution in [0.2, 0.25) is 0 Å². The summed E-state index contributed by atoms with van der Waals surface area (Å²) in [7, 11) is 0. The Kier molecular flexibility index (Phi) is 5.17. The third kappa shape index (κ3) is 3.69. The van der Waals surface area contributed by atoms with E-state index >= 15 is 0 Å². The Morgan fingerprint density at radius 1 is 0.943 bits per heavy atom. The fourth-order valence-electron chi connectivity index (χ4n) is 5.51. The minimum absolute atomic E-state index is 0.126. The van der Waals surface area contributed by atoms with E-state index in [1.807, 2.05) is 48.5 Å². The van der Waals surface area contributed by atoms with Crippen molar-refractivity contribution in [3.8, 4) is 5.75 Å². The van der Waals surface area contributed by atoms with Crippen molar-refractivity contribution in [3.63, 3.8) is 0 Å². The highest BCUT2D eigenvalue weighted by atomic mass is 16.5. The highest BCUT2D eigenvalue weighted by molar-refractivity contribution is 6.08. The molecule has 35 heavy (non-hydrogen) atoms. The summed E-state index contributed by atoms with van der Waals surface area (Å²) >= 11 is 0. The van der Waals surface area contributed by atoms with E-state index in [4.69, 9.17) is 4.74 Å². The molecule has 2 bridgehead atoms. The average Bonchev–Trinajstić information content (AvgIpc) is 3.56. The highest BCUT2D eigenvalue weighted by Crippen LogP contribution is 2.52. The first kappa shape index (κ1) is 21.3. The predicted molar refractivity (Wildman–Crippen MR) is 132 cm³/mol. The largest absolute Gasteiger partial charge is 0.483 e. The number of carbonyl (C=O) groups excluding carboxylic acids is 3. The minimum atomic E-state index is -0.306. The van der Waals surface area contributed by atoms with E-state index in [-0.39, 0.29) is 48.0 Å². The molecule has 3 aliphatic rings. The highest BCUT2D eigenvalue weighted by Gasteiger charge is 2.59. The predicted octanol–water partition coefficient (Wildman–Crippen LogP) is 4.00. The molecular weight excluding hydrogens is 442 g/mol. The molecule has 0 aromatic heterocycles. The zero-order valence-electron chi connectivity index (χ0n) is 18.8. The van der Waals surface area contributed by atoms with E-state index in [9.17, 15) is 14.4 Å². The molecule has 0 radical (unpaired) electrons. The lowest BCUT2D eigenvalue weighted by atomic mass is 9.85. The van der Waals surface area contributed by atoms with E-state index in [0.29, 0.717) is 17.0 Å². The molecular formula is C28H23N3O4. The molecule has 1 saturated carbocycles. The smallest absolute Gasteiger partial charge is 0.262 e. The van der Waals surface area contributed by atoms with Crippen molar-refractivity contribution < 1.29 is 19.1 Å².